The molecule has 0 amide bonds. The SMILES string of the molecule is C=c1/c(=C/c2ccc(O)cc2)sc(=N)n1-c1ccc(F)cc1. The van der Waals surface area contributed by atoms with Crippen molar-refractivity contribution in [1.82, 2.24) is 4.57 Å². The Labute approximate surface area is 130 Å². The summed E-state index contributed by atoms with van der Waals surface area (Å²) < 4.78 is 15.6. The monoisotopic (exact) mass is 312 g/mol. The predicted molar refractivity (Wildman–Crippen MR) is 85.9 cm³/mol. The Kier molecular flexibility index (Phi) is 3.65. The van der Waals surface area contributed by atoms with Crippen LogP contribution in [0.25, 0.3) is 18.3 Å². The van der Waals surface area contributed by atoms with E-state index in [2.05, 4.69) is 6.58 Å². The molecule has 110 valence electrons. The maximum atomic E-state index is 13.0. The highest BCUT2D eigenvalue weighted by Gasteiger charge is 2.03. The van der Waals surface area contributed by atoms with Gasteiger partial charge in [0.1, 0.15) is 11.6 Å². The molecule has 0 unspecified atom stereocenters. The van der Waals surface area contributed by atoms with E-state index in [0.29, 0.717) is 15.8 Å². The lowest BCUT2D eigenvalue weighted by Crippen LogP contribution is -2.29. The molecule has 1 heterocycles. The van der Waals surface area contributed by atoms with Crippen LogP contribution in [-0.2, 0) is 0 Å². The zero-order valence-corrected chi connectivity index (χ0v) is 12.4. The quantitative estimate of drug-likeness (QED) is 0.748. The van der Waals surface area contributed by atoms with E-state index in [1.54, 1.807) is 41.0 Å². The van der Waals surface area contributed by atoms with E-state index in [1.165, 1.54) is 23.5 Å². The van der Waals surface area contributed by atoms with E-state index in [0.717, 1.165) is 10.1 Å². The summed E-state index contributed by atoms with van der Waals surface area (Å²) in [6, 6.07) is 12.8. The zero-order valence-electron chi connectivity index (χ0n) is 11.6. The van der Waals surface area contributed by atoms with Crippen molar-refractivity contribution in [1.29, 1.82) is 5.41 Å². The van der Waals surface area contributed by atoms with E-state index < -0.39 is 0 Å². The van der Waals surface area contributed by atoms with Gasteiger partial charge in [0.05, 0.1) is 9.88 Å². The molecule has 2 aromatic carbocycles. The van der Waals surface area contributed by atoms with E-state index in [9.17, 15) is 9.50 Å². The minimum absolute atomic E-state index is 0.209. The van der Waals surface area contributed by atoms with Crippen LogP contribution in [-0.4, -0.2) is 9.67 Å². The normalized spacial score (nSPS) is 11.8. The van der Waals surface area contributed by atoms with Gasteiger partial charge < -0.3 is 5.11 Å². The molecular weight excluding hydrogens is 299 g/mol. The molecular formula is C17H13FN2OS. The first-order valence-corrected chi connectivity index (χ1v) is 7.38. The first-order valence-electron chi connectivity index (χ1n) is 6.57. The van der Waals surface area contributed by atoms with Gasteiger partial charge in [0, 0.05) is 5.69 Å². The smallest absolute Gasteiger partial charge is 0.187 e. The van der Waals surface area contributed by atoms with E-state index >= 15 is 0 Å². The highest BCUT2D eigenvalue weighted by atomic mass is 32.1. The van der Waals surface area contributed by atoms with Crippen molar-refractivity contribution in [3.05, 3.63) is 74.6 Å². The number of halogens is 1. The van der Waals surface area contributed by atoms with Crippen LogP contribution >= 0.6 is 11.3 Å². The van der Waals surface area contributed by atoms with Crippen molar-refractivity contribution >= 4 is 24.0 Å². The Morgan fingerprint density at radius 3 is 2.36 bits per heavy atom. The van der Waals surface area contributed by atoms with E-state index in [-0.39, 0.29) is 11.6 Å². The number of nitrogens with zero attached hydrogens (tertiary/aromatic N) is 1. The molecule has 5 heteroatoms. The van der Waals surface area contributed by atoms with Crippen LogP contribution in [0.2, 0.25) is 0 Å². The molecule has 22 heavy (non-hydrogen) atoms. The van der Waals surface area contributed by atoms with Crippen molar-refractivity contribution in [3.63, 3.8) is 0 Å². The minimum atomic E-state index is -0.312. The van der Waals surface area contributed by atoms with Gasteiger partial charge in [-0.1, -0.05) is 30.0 Å². The number of hydrogen-bond acceptors (Lipinski definition) is 3. The van der Waals surface area contributed by atoms with Gasteiger partial charge in [0.25, 0.3) is 0 Å². The van der Waals surface area contributed by atoms with E-state index in [1.807, 2.05) is 6.08 Å². The number of hydrogen-bond donors (Lipinski definition) is 2. The van der Waals surface area contributed by atoms with Crippen molar-refractivity contribution in [2.75, 3.05) is 0 Å². The van der Waals surface area contributed by atoms with Crippen LogP contribution in [0.3, 0.4) is 0 Å². The molecule has 3 aromatic rings. The molecule has 0 fully saturated rings. The molecule has 0 saturated carbocycles. The Balaban J connectivity index is 2.15. The zero-order chi connectivity index (χ0) is 15.7. The molecule has 0 saturated heterocycles. The van der Waals surface area contributed by atoms with Crippen molar-refractivity contribution in [3.8, 4) is 11.4 Å². The predicted octanol–water partition coefficient (Wildman–Crippen LogP) is 2.10. The lowest BCUT2D eigenvalue weighted by Gasteiger charge is -2.02. The van der Waals surface area contributed by atoms with Gasteiger partial charge in [-0.05, 0) is 48.0 Å². The number of aromatic nitrogens is 1. The van der Waals surface area contributed by atoms with Crippen molar-refractivity contribution < 1.29 is 9.50 Å². The number of aromatic hydroxyl groups is 1. The Hall–Kier alpha value is -2.66. The van der Waals surface area contributed by atoms with E-state index in [4.69, 9.17) is 5.41 Å². The summed E-state index contributed by atoms with van der Waals surface area (Å²) in [6.45, 7) is 4.03. The molecule has 3 rings (SSSR count). The van der Waals surface area contributed by atoms with Gasteiger partial charge >= 0.3 is 0 Å². The number of thiazole rings is 1. The Bertz CT molecular complexity index is 969. The van der Waals surface area contributed by atoms with Gasteiger partial charge in [0.2, 0.25) is 0 Å². The van der Waals surface area contributed by atoms with Crippen LogP contribution in [0.15, 0.2) is 48.5 Å². The number of nitrogens with one attached hydrogen (secondary N) is 1. The summed E-state index contributed by atoms with van der Waals surface area (Å²) in [5.41, 5.74) is 1.62. The molecule has 3 nitrogen and oxygen atoms in total. The molecule has 0 aliphatic rings. The standard InChI is InChI=1S/C17H13FN2OS/c1-11-16(10-12-2-8-15(21)9-3-12)22-17(19)20(11)14-6-4-13(18)5-7-14/h2-10,19,21H,1H2/b16-10-,19-17?. The summed E-state index contributed by atoms with van der Waals surface area (Å²) in [6.07, 6.45) is 1.91. The average Bonchev–Trinajstić information content (AvgIpc) is 2.77. The molecule has 0 atom stereocenters. The highest BCUT2D eigenvalue weighted by Crippen LogP contribution is 2.10. The summed E-state index contributed by atoms with van der Waals surface area (Å²) in [4.78, 5) is 0.321. The number of phenolic OH excluding ortho intramolecular Hbond substituents is 1. The summed E-state index contributed by atoms with van der Waals surface area (Å²) >= 11 is 1.29. The fourth-order valence-corrected chi connectivity index (χ4v) is 3.06. The Morgan fingerprint density at radius 1 is 1.09 bits per heavy atom. The minimum Gasteiger partial charge on any atom is -0.508 e. The van der Waals surface area contributed by atoms with Gasteiger partial charge in [-0.25, -0.2) is 4.39 Å². The first kappa shape index (κ1) is 14.3. The summed E-state index contributed by atoms with van der Waals surface area (Å²) in [5, 5.41) is 18.1. The van der Waals surface area contributed by atoms with Gasteiger partial charge in [0.15, 0.2) is 4.80 Å². The largest absolute Gasteiger partial charge is 0.508 e. The molecule has 0 spiro atoms. The maximum Gasteiger partial charge on any atom is 0.187 e. The topological polar surface area (TPSA) is 49.0 Å². The van der Waals surface area contributed by atoms with Crippen LogP contribution in [0.1, 0.15) is 5.56 Å². The van der Waals surface area contributed by atoms with Crippen LogP contribution in [0.4, 0.5) is 4.39 Å². The van der Waals surface area contributed by atoms with Gasteiger partial charge in [-0.2, -0.15) is 0 Å². The summed E-state index contributed by atoms with van der Waals surface area (Å²) in [5.74, 6) is -0.103. The Morgan fingerprint density at radius 2 is 1.73 bits per heavy atom. The van der Waals surface area contributed by atoms with Gasteiger partial charge in [-0.15, -0.1) is 0 Å². The molecule has 2 N–H and O–H groups in total. The summed E-state index contributed by atoms with van der Waals surface area (Å²) in [7, 11) is 0. The fraction of sp³-hybridized carbons (Fsp3) is 0. The molecule has 1 aromatic heterocycles. The lowest BCUT2D eigenvalue weighted by atomic mass is 10.2. The molecule has 0 radical (unpaired) electrons. The molecule has 0 aliphatic heterocycles. The fourth-order valence-electron chi connectivity index (χ4n) is 2.14. The maximum absolute atomic E-state index is 13.0. The number of rotatable bonds is 2. The first-order chi connectivity index (χ1) is 10.5. The average molecular weight is 312 g/mol. The van der Waals surface area contributed by atoms with Crippen LogP contribution in [0.5, 0.6) is 5.75 Å². The molecule has 0 aliphatic carbocycles. The number of benzene rings is 2. The second-order valence-electron chi connectivity index (χ2n) is 4.77. The highest BCUT2D eigenvalue weighted by molar-refractivity contribution is 7.06. The van der Waals surface area contributed by atoms with Gasteiger partial charge in [-0.3, -0.25) is 9.98 Å². The third-order valence-electron chi connectivity index (χ3n) is 3.24. The molecule has 0 bridgehead atoms. The lowest BCUT2D eigenvalue weighted by molar-refractivity contribution is 0.475. The third-order valence-corrected chi connectivity index (χ3v) is 4.19. The van der Waals surface area contributed by atoms with Crippen LogP contribution in [0, 0.1) is 11.2 Å². The van der Waals surface area contributed by atoms with Crippen molar-refractivity contribution in [2.45, 2.75) is 0 Å². The second-order valence-corrected chi connectivity index (χ2v) is 5.80. The third kappa shape index (κ3) is 2.71. The van der Waals surface area contributed by atoms with Crippen molar-refractivity contribution in [2.24, 2.45) is 0 Å². The number of phenols is 1. The van der Waals surface area contributed by atoms with Crippen LogP contribution < -0.4 is 14.7 Å². The second kappa shape index (κ2) is 5.61.